The molecule has 2 aromatic carbocycles. The summed E-state index contributed by atoms with van der Waals surface area (Å²) in [5.41, 5.74) is 3.07. The second-order valence-electron chi connectivity index (χ2n) is 8.37. The fourth-order valence-electron chi connectivity index (χ4n) is 3.73. The fraction of sp³-hybridized carbons (Fsp3) is 0.231. The predicted molar refractivity (Wildman–Crippen MR) is 150 cm³/mol. The van der Waals surface area contributed by atoms with E-state index in [0.717, 1.165) is 10.1 Å². The van der Waals surface area contributed by atoms with Crippen LogP contribution in [0.25, 0.3) is 17.2 Å². The number of aromatic nitrogens is 4. The number of nitrogens with zero attached hydrogens (tertiary/aromatic N) is 5. The largest absolute Gasteiger partial charge is 0.497 e. The van der Waals surface area contributed by atoms with Gasteiger partial charge in [0.15, 0.2) is 11.2 Å². The van der Waals surface area contributed by atoms with Gasteiger partial charge in [-0.15, -0.1) is 0 Å². The summed E-state index contributed by atoms with van der Waals surface area (Å²) in [5, 5.41) is 15.0. The molecule has 0 fully saturated rings. The van der Waals surface area contributed by atoms with Crippen LogP contribution in [0.3, 0.4) is 0 Å². The Kier molecular flexibility index (Phi) is 8.44. The molecule has 0 amide bonds. The molecule has 2 aromatic heterocycles. The molecular weight excluding hydrogens is 556 g/mol. The van der Waals surface area contributed by atoms with Crippen molar-refractivity contribution in [1.82, 2.24) is 18.7 Å². The van der Waals surface area contributed by atoms with Gasteiger partial charge in [0, 0.05) is 18.6 Å². The Morgan fingerprint density at radius 1 is 1.11 bits per heavy atom. The zero-order valence-electron chi connectivity index (χ0n) is 21.0. The first-order valence-electron chi connectivity index (χ1n) is 11.6. The molecule has 0 aliphatic carbocycles. The number of aryl methyl sites for hydroxylation is 1. The maximum Gasteiger partial charge on any atom is 0.332 e. The Morgan fingerprint density at radius 2 is 1.79 bits per heavy atom. The summed E-state index contributed by atoms with van der Waals surface area (Å²) in [5.74, 6) is 1.42. The minimum atomic E-state index is -1.01. The van der Waals surface area contributed by atoms with Crippen LogP contribution in [0, 0.1) is 0 Å². The zero-order valence-corrected chi connectivity index (χ0v) is 22.6. The quantitative estimate of drug-likeness (QED) is 0.217. The SMILES string of the molecule is COc1ccc(OC[C@@H](O)Cn2c(N/N=C\C(Br)=C\c3ccccc3)nc3c2c(=O)n(C)c(=O)n3C)cc1. The summed E-state index contributed by atoms with van der Waals surface area (Å²) in [7, 11) is 4.49. The number of methoxy groups -OCH3 is 1. The molecule has 11 nitrogen and oxygen atoms in total. The second kappa shape index (κ2) is 11.9. The smallest absolute Gasteiger partial charge is 0.332 e. The van der Waals surface area contributed by atoms with E-state index in [-0.39, 0.29) is 30.3 Å². The maximum atomic E-state index is 13.0. The van der Waals surface area contributed by atoms with Crippen LogP contribution < -0.4 is 26.1 Å². The monoisotopic (exact) mass is 582 g/mol. The van der Waals surface area contributed by atoms with Crippen LogP contribution in [-0.4, -0.2) is 49.8 Å². The third-order valence-corrected chi connectivity index (χ3v) is 6.13. The van der Waals surface area contributed by atoms with E-state index >= 15 is 0 Å². The molecule has 0 saturated heterocycles. The van der Waals surface area contributed by atoms with Gasteiger partial charge in [-0.25, -0.2) is 10.2 Å². The van der Waals surface area contributed by atoms with Crippen molar-refractivity contribution in [1.29, 1.82) is 0 Å². The van der Waals surface area contributed by atoms with Crippen LogP contribution in [0.2, 0.25) is 0 Å². The van der Waals surface area contributed by atoms with E-state index in [1.165, 1.54) is 29.4 Å². The molecule has 0 unspecified atom stereocenters. The highest BCUT2D eigenvalue weighted by molar-refractivity contribution is 9.12. The summed E-state index contributed by atoms with van der Waals surface area (Å²) < 4.78 is 15.3. The highest BCUT2D eigenvalue weighted by atomic mass is 79.9. The van der Waals surface area contributed by atoms with Gasteiger partial charge in [0.05, 0.1) is 19.9 Å². The lowest BCUT2D eigenvalue weighted by molar-refractivity contribution is 0.0938. The topological polar surface area (TPSA) is 125 Å². The molecule has 1 atom stereocenters. The average Bonchev–Trinajstić information content (AvgIpc) is 3.28. The van der Waals surface area contributed by atoms with Crippen LogP contribution in [0.1, 0.15) is 5.56 Å². The minimum Gasteiger partial charge on any atom is -0.497 e. The van der Waals surface area contributed by atoms with Crippen molar-refractivity contribution in [3.05, 3.63) is 85.5 Å². The Bertz CT molecular complexity index is 1590. The normalized spacial score (nSPS) is 12.7. The molecule has 0 radical (unpaired) electrons. The van der Waals surface area contributed by atoms with E-state index in [4.69, 9.17) is 9.47 Å². The number of hydrazone groups is 1. The zero-order chi connectivity index (χ0) is 27.2. The van der Waals surface area contributed by atoms with Crippen molar-refractivity contribution in [2.24, 2.45) is 19.2 Å². The number of hydrogen-bond acceptors (Lipinski definition) is 8. The van der Waals surface area contributed by atoms with E-state index < -0.39 is 17.4 Å². The van der Waals surface area contributed by atoms with E-state index in [0.29, 0.717) is 16.0 Å². The number of imidazole rings is 1. The fourth-order valence-corrected chi connectivity index (χ4v) is 4.10. The highest BCUT2D eigenvalue weighted by Gasteiger charge is 2.21. The first kappa shape index (κ1) is 26.9. The van der Waals surface area contributed by atoms with Crippen molar-refractivity contribution < 1.29 is 14.6 Å². The van der Waals surface area contributed by atoms with Gasteiger partial charge in [-0.1, -0.05) is 30.3 Å². The lowest BCUT2D eigenvalue weighted by Gasteiger charge is -2.15. The molecule has 4 rings (SSSR count). The molecule has 38 heavy (non-hydrogen) atoms. The summed E-state index contributed by atoms with van der Waals surface area (Å²) in [4.78, 5) is 29.9. The Morgan fingerprint density at radius 3 is 2.47 bits per heavy atom. The standard InChI is InChI=1S/C26H27BrN6O5/c1-31-23-22(24(35)32(2)26(31)36)33(15-19(34)16-38-21-11-9-20(37-3)10-12-21)25(29-23)30-28-14-18(27)13-17-7-5-4-6-8-17/h4-14,19,34H,15-16H2,1-3H3,(H,29,30)/b18-13-,28-14-/t19-/m0/s1. The van der Waals surface area contributed by atoms with Gasteiger partial charge in [0.1, 0.15) is 24.2 Å². The number of aliphatic hydroxyl groups is 1. The molecule has 0 bridgehead atoms. The number of anilines is 1. The van der Waals surface area contributed by atoms with Crippen molar-refractivity contribution in [2.75, 3.05) is 19.1 Å². The molecule has 0 spiro atoms. The van der Waals surface area contributed by atoms with Crippen molar-refractivity contribution in [3.63, 3.8) is 0 Å². The number of aliphatic hydroxyl groups excluding tert-OH is 1. The van der Waals surface area contributed by atoms with Crippen molar-refractivity contribution in [2.45, 2.75) is 12.6 Å². The van der Waals surface area contributed by atoms with Gasteiger partial charge in [-0.2, -0.15) is 10.1 Å². The van der Waals surface area contributed by atoms with E-state index in [9.17, 15) is 14.7 Å². The summed E-state index contributed by atoms with van der Waals surface area (Å²) >= 11 is 3.46. The number of hydrogen-bond donors (Lipinski definition) is 2. The Balaban J connectivity index is 1.60. The molecule has 2 heterocycles. The van der Waals surface area contributed by atoms with Gasteiger partial charge in [0.25, 0.3) is 5.56 Å². The van der Waals surface area contributed by atoms with E-state index in [2.05, 4.69) is 31.4 Å². The van der Waals surface area contributed by atoms with E-state index in [1.54, 1.807) is 31.4 Å². The first-order valence-corrected chi connectivity index (χ1v) is 12.4. The molecule has 198 valence electrons. The molecule has 12 heteroatoms. The molecule has 2 N–H and O–H groups in total. The number of allylic oxidation sites excluding steroid dienone is 1. The summed E-state index contributed by atoms with van der Waals surface area (Å²) in [6.45, 7) is -0.0921. The highest BCUT2D eigenvalue weighted by Crippen LogP contribution is 2.19. The third-order valence-electron chi connectivity index (χ3n) is 5.70. The van der Waals surface area contributed by atoms with Gasteiger partial charge >= 0.3 is 5.69 Å². The Labute approximate surface area is 226 Å². The van der Waals surface area contributed by atoms with Gasteiger partial charge in [-0.3, -0.25) is 13.9 Å². The number of benzene rings is 2. The molecule has 0 aliphatic rings. The number of rotatable bonds is 10. The first-order chi connectivity index (χ1) is 18.3. The molecule has 0 aliphatic heterocycles. The lowest BCUT2D eigenvalue weighted by atomic mass is 10.2. The predicted octanol–water partition coefficient (Wildman–Crippen LogP) is 2.72. The second-order valence-corrected chi connectivity index (χ2v) is 9.29. The van der Waals surface area contributed by atoms with Crippen LogP contribution in [-0.2, 0) is 20.6 Å². The van der Waals surface area contributed by atoms with Gasteiger partial charge in [0.2, 0.25) is 5.95 Å². The number of nitrogens with one attached hydrogen (secondary N) is 1. The number of halogens is 1. The third kappa shape index (κ3) is 6.03. The summed E-state index contributed by atoms with van der Waals surface area (Å²) in [6, 6.07) is 16.6. The van der Waals surface area contributed by atoms with Crippen molar-refractivity contribution >= 4 is 45.3 Å². The van der Waals surface area contributed by atoms with Crippen LogP contribution in [0.15, 0.2) is 73.8 Å². The van der Waals surface area contributed by atoms with Crippen LogP contribution in [0.4, 0.5) is 5.95 Å². The Hall–Kier alpha value is -4.16. The van der Waals surface area contributed by atoms with E-state index in [1.807, 2.05) is 36.4 Å². The minimum absolute atomic E-state index is 0.0427. The van der Waals surface area contributed by atoms with Crippen molar-refractivity contribution in [3.8, 4) is 11.5 Å². The number of fused-ring (bicyclic) bond motifs is 1. The summed E-state index contributed by atoms with van der Waals surface area (Å²) in [6.07, 6.45) is 2.41. The maximum absolute atomic E-state index is 13.0. The molecular formula is C26H27BrN6O5. The van der Waals surface area contributed by atoms with Crippen LogP contribution >= 0.6 is 15.9 Å². The van der Waals surface area contributed by atoms with Crippen LogP contribution in [0.5, 0.6) is 11.5 Å². The van der Waals surface area contributed by atoms with Gasteiger partial charge < -0.3 is 19.1 Å². The number of ether oxygens (including phenoxy) is 2. The molecule has 0 saturated carbocycles. The lowest BCUT2D eigenvalue weighted by Crippen LogP contribution is -2.38. The van der Waals surface area contributed by atoms with Gasteiger partial charge in [-0.05, 0) is 51.8 Å². The molecule has 4 aromatic rings. The average molecular weight is 583 g/mol.